The van der Waals surface area contributed by atoms with Crippen LogP contribution in [0.4, 0.5) is 0 Å². The van der Waals surface area contributed by atoms with Crippen LogP contribution >= 0.6 is 0 Å². The van der Waals surface area contributed by atoms with Crippen LogP contribution in [0.2, 0.25) is 0 Å². The fourth-order valence-electron chi connectivity index (χ4n) is 5.05. The molecule has 1 aromatic carbocycles. The second kappa shape index (κ2) is 9.91. The van der Waals surface area contributed by atoms with Gasteiger partial charge in [0.1, 0.15) is 11.4 Å². The standard InChI is InChI=1S/C26H33N5O2/c1-20-18-28-24(19-27-20)26(32)30-13-8-22(9-14-30)31-15-7-21-17-23(5-6-25(21)31)33-16-4-12-29-10-2-3-11-29/h5-7,15,17-19,22H,2-4,8-14,16H2,1H3. The van der Waals surface area contributed by atoms with E-state index in [1.165, 1.54) is 36.8 Å². The molecule has 2 fully saturated rings. The van der Waals surface area contributed by atoms with E-state index < -0.39 is 0 Å². The minimum Gasteiger partial charge on any atom is -0.494 e. The third-order valence-corrected chi connectivity index (χ3v) is 6.92. The molecule has 7 nitrogen and oxygen atoms in total. The van der Waals surface area contributed by atoms with Gasteiger partial charge in [0.15, 0.2) is 0 Å². The van der Waals surface area contributed by atoms with Gasteiger partial charge in [0.25, 0.3) is 5.91 Å². The highest BCUT2D eigenvalue weighted by Gasteiger charge is 2.26. The second-order valence-electron chi connectivity index (χ2n) is 9.26. The first-order chi connectivity index (χ1) is 16.2. The molecule has 2 aliphatic rings. The Morgan fingerprint density at radius 3 is 2.64 bits per heavy atom. The summed E-state index contributed by atoms with van der Waals surface area (Å²) >= 11 is 0. The van der Waals surface area contributed by atoms with Gasteiger partial charge in [0, 0.05) is 49.0 Å². The molecule has 2 aromatic heterocycles. The number of aromatic nitrogens is 3. The Kier molecular flexibility index (Phi) is 6.58. The Balaban J connectivity index is 1.16. The fraction of sp³-hybridized carbons (Fsp3) is 0.500. The zero-order valence-corrected chi connectivity index (χ0v) is 19.4. The number of carbonyl (C=O) groups is 1. The summed E-state index contributed by atoms with van der Waals surface area (Å²) in [7, 11) is 0. The quantitative estimate of drug-likeness (QED) is 0.511. The number of hydrogen-bond donors (Lipinski definition) is 0. The van der Waals surface area contributed by atoms with Gasteiger partial charge >= 0.3 is 0 Å². The lowest BCUT2D eigenvalue weighted by molar-refractivity contribution is 0.0689. The van der Waals surface area contributed by atoms with Crippen LogP contribution < -0.4 is 4.74 Å². The maximum atomic E-state index is 12.7. The van der Waals surface area contributed by atoms with Gasteiger partial charge in [-0.3, -0.25) is 9.78 Å². The Labute approximate surface area is 195 Å². The van der Waals surface area contributed by atoms with E-state index in [0.29, 0.717) is 11.7 Å². The van der Waals surface area contributed by atoms with Gasteiger partial charge in [-0.1, -0.05) is 0 Å². The summed E-state index contributed by atoms with van der Waals surface area (Å²) < 4.78 is 8.39. The first-order valence-corrected chi connectivity index (χ1v) is 12.2. The van der Waals surface area contributed by atoms with Gasteiger partial charge in [-0.05, 0) is 76.4 Å². The van der Waals surface area contributed by atoms with E-state index in [4.69, 9.17) is 4.74 Å². The number of fused-ring (bicyclic) bond motifs is 1. The molecular formula is C26H33N5O2. The van der Waals surface area contributed by atoms with Crippen LogP contribution in [0, 0.1) is 6.92 Å². The summed E-state index contributed by atoms with van der Waals surface area (Å²) in [5, 5.41) is 1.21. The van der Waals surface area contributed by atoms with E-state index in [0.717, 1.165) is 56.9 Å². The molecule has 5 rings (SSSR count). The number of rotatable bonds is 7. The molecule has 0 atom stereocenters. The number of piperidine rings is 1. The van der Waals surface area contributed by atoms with Gasteiger partial charge < -0.3 is 19.1 Å². The predicted molar refractivity (Wildman–Crippen MR) is 129 cm³/mol. The minimum atomic E-state index is -0.0233. The highest BCUT2D eigenvalue weighted by molar-refractivity contribution is 5.92. The van der Waals surface area contributed by atoms with Crippen LogP contribution in [0.15, 0.2) is 42.9 Å². The van der Waals surface area contributed by atoms with Crippen molar-refractivity contribution in [3.8, 4) is 5.75 Å². The van der Waals surface area contributed by atoms with Crippen molar-refractivity contribution in [2.45, 2.75) is 45.1 Å². The maximum absolute atomic E-state index is 12.7. The number of amides is 1. The van der Waals surface area contributed by atoms with Crippen LogP contribution in [0.25, 0.3) is 10.9 Å². The number of nitrogens with zero attached hydrogens (tertiary/aromatic N) is 5. The van der Waals surface area contributed by atoms with E-state index in [9.17, 15) is 4.79 Å². The van der Waals surface area contributed by atoms with Gasteiger partial charge in [-0.15, -0.1) is 0 Å². The van der Waals surface area contributed by atoms with Crippen LogP contribution in [-0.4, -0.2) is 69.6 Å². The van der Waals surface area contributed by atoms with Crippen LogP contribution in [0.3, 0.4) is 0 Å². The van der Waals surface area contributed by atoms with E-state index in [1.54, 1.807) is 12.4 Å². The summed E-state index contributed by atoms with van der Waals surface area (Å²) in [4.78, 5) is 25.6. The predicted octanol–water partition coefficient (Wildman–Crippen LogP) is 4.08. The summed E-state index contributed by atoms with van der Waals surface area (Å²) in [6.45, 7) is 7.72. The summed E-state index contributed by atoms with van der Waals surface area (Å²) in [6.07, 6.45) is 11.0. The number of ether oxygens (including phenoxy) is 1. The van der Waals surface area contributed by atoms with Crippen molar-refractivity contribution in [2.75, 3.05) is 39.3 Å². The van der Waals surface area contributed by atoms with Gasteiger partial charge in [0.05, 0.1) is 18.5 Å². The maximum Gasteiger partial charge on any atom is 0.274 e. The van der Waals surface area contributed by atoms with Gasteiger partial charge in [-0.25, -0.2) is 4.98 Å². The first-order valence-electron chi connectivity index (χ1n) is 12.2. The molecule has 33 heavy (non-hydrogen) atoms. The Bertz CT molecular complexity index is 1080. The van der Waals surface area contributed by atoms with Crippen molar-refractivity contribution in [3.63, 3.8) is 0 Å². The van der Waals surface area contributed by atoms with Crippen molar-refractivity contribution in [1.82, 2.24) is 24.3 Å². The zero-order chi connectivity index (χ0) is 22.6. The minimum absolute atomic E-state index is 0.0233. The molecule has 0 saturated carbocycles. The average Bonchev–Trinajstić information content (AvgIpc) is 3.52. The lowest BCUT2D eigenvalue weighted by Crippen LogP contribution is -2.39. The molecule has 1 amide bonds. The molecule has 0 spiro atoms. The van der Waals surface area contributed by atoms with Crippen molar-refractivity contribution in [1.29, 1.82) is 0 Å². The average molecular weight is 448 g/mol. The Morgan fingerprint density at radius 1 is 1.06 bits per heavy atom. The largest absolute Gasteiger partial charge is 0.494 e. The molecule has 7 heteroatoms. The fourth-order valence-corrected chi connectivity index (χ4v) is 5.05. The van der Waals surface area contributed by atoms with Crippen molar-refractivity contribution in [2.24, 2.45) is 0 Å². The lowest BCUT2D eigenvalue weighted by Gasteiger charge is -2.33. The third-order valence-electron chi connectivity index (χ3n) is 6.92. The molecule has 0 N–H and O–H groups in total. The van der Waals surface area contributed by atoms with E-state index >= 15 is 0 Å². The number of hydrogen-bond acceptors (Lipinski definition) is 5. The van der Waals surface area contributed by atoms with Crippen molar-refractivity contribution >= 4 is 16.8 Å². The molecule has 0 bridgehead atoms. The van der Waals surface area contributed by atoms with Crippen molar-refractivity contribution < 1.29 is 9.53 Å². The summed E-state index contributed by atoms with van der Waals surface area (Å²) in [5.41, 5.74) is 2.48. The van der Waals surface area contributed by atoms with Crippen LogP contribution in [-0.2, 0) is 0 Å². The molecule has 4 heterocycles. The highest BCUT2D eigenvalue weighted by atomic mass is 16.5. The zero-order valence-electron chi connectivity index (χ0n) is 19.4. The van der Waals surface area contributed by atoms with Gasteiger partial charge in [0.2, 0.25) is 0 Å². The Hall–Kier alpha value is -2.93. The number of likely N-dealkylation sites (tertiary alicyclic amines) is 2. The molecule has 3 aromatic rings. The smallest absolute Gasteiger partial charge is 0.274 e. The van der Waals surface area contributed by atoms with Crippen molar-refractivity contribution in [3.05, 3.63) is 54.2 Å². The van der Waals surface area contributed by atoms with E-state index in [1.807, 2.05) is 11.8 Å². The Morgan fingerprint density at radius 2 is 1.88 bits per heavy atom. The summed E-state index contributed by atoms with van der Waals surface area (Å²) in [5.74, 6) is 0.922. The monoisotopic (exact) mass is 447 g/mol. The lowest BCUT2D eigenvalue weighted by atomic mass is 10.0. The highest BCUT2D eigenvalue weighted by Crippen LogP contribution is 2.30. The number of benzene rings is 1. The normalized spacial score (nSPS) is 17.7. The summed E-state index contributed by atoms with van der Waals surface area (Å²) in [6, 6.07) is 8.97. The first kappa shape index (κ1) is 21.9. The number of aryl methyl sites for hydroxylation is 1. The molecule has 0 unspecified atom stereocenters. The SMILES string of the molecule is Cc1cnc(C(=O)N2CCC(n3ccc4cc(OCCCN5CCCC5)ccc43)CC2)cn1. The van der Waals surface area contributed by atoms with E-state index in [-0.39, 0.29) is 5.91 Å². The van der Waals surface area contributed by atoms with Crippen LogP contribution in [0.5, 0.6) is 5.75 Å². The molecule has 174 valence electrons. The molecule has 2 aliphatic heterocycles. The molecule has 0 aliphatic carbocycles. The van der Waals surface area contributed by atoms with Gasteiger partial charge in [-0.2, -0.15) is 0 Å². The molecular weight excluding hydrogens is 414 g/mol. The van der Waals surface area contributed by atoms with E-state index in [2.05, 4.69) is 49.9 Å². The molecule has 0 radical (unpaired) electrons. The number of carbonyl (C=O) groups excluding carboxylic acids is 1. The second-order valence-corrected chi connectivity index (χ2v) is 9.26. The van der Waals surface area contributed by atoms with Crippen LogP contribution in [0.1, 0.15) is 54.3 Å². The topological polar surface area (TPSA) is 63.5 Å². The third kappa shape index (κ3) is 5.03. The molecule has 2 saturated heterocycles.